The molecular weight excluding hydrogens is 318 g/mol. The van der Waals surface area contributed by atoms with Gasteiger partial charge in [-0.1, -0.05) is 12.1 Å². The predicted molar refractivity (Wildman–Crippen MR) is 89.5 cm³/mol. The standard InChI is InChI=1S/C16H21N3O3.ClH/c20-13-8-14(17-10-13)16(22)18-9-11-3-5-12(6-4-11)19-7-1-2-15(19)21;/h3-6,13-14,17,20H,1-2,7-10H2,(H,18,22);1H. The molecule has 0 aromatic heterocycles. The average molecular weight is 340 g/mol. The van der Waals surface area contributed by atoms with Crippen LogP contribution in [0.25, 0.3) is 0 Å². The number of halogens is 1. The van der Waals surface area contributed by atoms with E-state index in [4.69, 9.17) is 0 Å². The summed E-state index contributed by atoms with van der Waals surface area (Å²) in [5, 5.41) is 15.3. The summed E-state index contributed by atoms with van der Waals surface area (Å²) >= 11 is 0. The van der Waals surface area contributed by atoms with Gasteiger partial charge in [-0.05, 0) is 30.5 Å². The molecule has 2 aliphatic heterocycles. The maximum atomic E-state index is 11.9. The minimum absolute atomic E-state index is 0. The van der Waals surface area contributed by atoms with Crippen LogP contribution >= 0.6 is 12.4 Å². The van der Waals surface area contributed by atoms with E-state index in [0.717, 1.165) is 24.2 Å². The lowest BCUT2D eigenvalue weighted by atomic mass is 10.1. The van der Waals surface area contributed by atoms with Crippen molar-refractivity contribution in [2.24, 2.45) is 0 Å². The molecule has 2 unspecified atom stereocenters. The number of β-amino-alcohol motifs (C(OH)–C–C–N with tert-alkyl or cyclic N) is 1. The van der Waals surface area contributed by atoms with Crippen LogP contribution in [0.4, 0.5) is 5.69 Å². The summed E-state index contributed by atoms with van der Waals surface area (Å²) in [7, 11) is 0. The Kier molecular flexibility index (Phi) is 5.98. The Morgan fingerprint density at radius 3 is 2.65 bits per heavy atom. The van der Waals surface area contributed by atoms with E-state index in [9.17, 15) is 14.7 Å². The second kappa shape index (κ2) is 7.77. The summed E-state index contributed by atoms with van der Waals surface area (Å²) in [5.74, 6) is 0.0854. The van der Waals surface area contributed by atoms with Crippen molar-refractivity contribution in [3.63, 3.8) is 0 Å². The molecule has 0 radical (unpaired) electrons. The van der Waals surface area contributed by atoms with Crippen LogP contribution in [-0.4, -0.2) is 42.2 Å². The number of amides is 2. The van der Waals surface area contributed by atoms with E-state index in [0.29, 0.717) is 25.9 Å². The maximum absolute atomic E-state index is 11.9. The van der Waals surface area contributed by atoms with Gasteiger partial charge in [0.05, 0.1) is 12.1 Å². The fourth-order valence-electron chi connectivity index (χ4n) is 2.94. The van der Waals surface area contributed by atoms with Crippen LogP contribution in [-0.2, 0) is 16.1 Å². The SMILES string of the molecule is Cl.O=C(NCc1ccc(N2CCCC2=O)cc1)C1CC(O)CN1. The van der Waals surface area contributed by atoms with Crippen molar-refractivity contribution >= 4 is 29.9 Å². The zero-order valence-electron chi connectivity index (χ0n) is 12.8. The van der Waals surface area contributed by atoms with Gasteiger partial charge in [0.1, 0.15) is 0 Å². The van der Waals surface area contributed by atoms with Gasteiger partial charge in [0.2, 0.25) is 11.8 Å². The van der Waals surface area contributed by atoms with E-state index >= 15 is 0 Å². The third-order valence-electron chi connectivity index (χ3n) is 4.21. The van der Waals surface area contributed by atoms with E-state index in [1.165, 1.54) is 0 Å². The monoisotopic (exact) mass is 339 g/mol. The maximum Gasteiger partial charge on any atom is 0.237 e. The van der Waals surface area contributed by atoms with Gasteiger partial charge in [0.25, 0.3) is 0 Å². The molecule has 2 saturated heterocycles. The number of hydrogen-bond acceptors (Lipinski definition) is 4. The van der Waals surface area contributed by atoms with Crippen molar-refractivity contribution in [3.8, 4) is 0 Å². The highest BCUT2D eigenvalue weighted by Gasteiger charge is 2.27. The Labute approximate surface area is 141 Å². The third-order valence-corrected chi connectivity index (χ3v) is 4.21. The molecule has 23 heavy (non-hydrogen) atoms. The lowest BCUT2D eigenvalue weighted by Crippen LogP contribution is -2.40. The van der Waals surface area contributed by atoms with Gasteiger partial charge in [0, 0.05) is 31.7 Å². The number of anilines is 1. The molecule has 0 aliphatic carbocycles. The minimum Gasteiger partial charge on any atom is -0.392 e. The summed E-state index contributed by atoms with van der Waals surface area (Å²) in [5.41, 5.74) is 1.90. The van der Waals surface area contributed by atoms with E-state index in [1.54, 1.807) is 4.90 Å². The first-order valence-corrected chi connectivity index (χ1v) is 7.72. The summed E-state index contributed by atoms with van der Waals surface area (Å²) in [4.78, 5) is 25.4. The van der Waals surface area contributed by atoms with Crippen molar-refractivity contribution in [1.82, 2.24) is 10.6 Å². The summed E-state index contributed by atoms with van der Waals surface area (Å²) in [6.07, 6.45) is 1.56. The van der Waals surface area contributed by atoms with Crippen molar-refractivity contribution in [2.45, 2.75) is 38.0 Å². The number of carbonyl (C=O) groups is 2. The molecule has 2 atom stereocenters. The molecule has 7 heteroatoms. The van der Waals surface area contributed by atoms with E-state index in [-0.39, 0.29) is 30.3 Å². The highest BCUT2D eigenvalue weighted by atomic mass is 35.5. The zero-order valence-corrected chi connectivity index (χ0v) is 13.6. The molecule has 1 aromatic rings. The fourth-order valence-corrected chi connectivity index (χ4v) is 2.94. The van der Waals surface area contributed by atoms with Crippen LogP contribution < -0.4 is 15.5 Å². The van der Waals surface area contributed by atoms with Crippen LogP contribution in [0.5, 0.6) is 0 Å². The Hall–Kier alpha value is -1.63. The zero-order chi connectivity index (χ0) is 15.5. The van der Waals surface area contributed by atoms with Crippen LogP contribution in [0.2, 0.25) is 0 Å². The van der Waals surface area contributed by atoms with Crippen molar-refractivity contribution in [1.29, 1.82) is 0 Å². The summed E-state index contributed by atoms with van der Waals surface area (Å²) in [6.45, 7) is 1.70. The van der Waals surface area contributed by atoms with Gasteiger partial charge in [-0.15, -0.1) is 12.4 Å². The molecule has 0 saturated carbocycles. The second-order valence-electron chi connectivity index (χ2n) is 5.88. The van der Waals surface area contributed by atoms with Gasteiger partial charge >= 0.3 is 0 Å². The topological polar surface area (TPSA) is 81.7 Å². The van der Waals surface area contributed by atoms with Gasteiger partial charge in [-0.2, -0.15) is 0 Å². The number of aliphatic hydroxyl groups excluding tert-OH is 1. The summed E-state index contributed by atoms with van der Waals surface area (Å²) in [6, 6.07) is 7.39. The molecular formula is C16H22ClN3O3. The van der Waals surface area contributed by atoms with E-state index < -0.39 is 6.10 Å². The third kappa shape index (κ3) is 4.22. The van der Waals surface area contributed by atoms with Gasteiger partial charge in [0.15, 0.2) is 0 Å². The highest BCUT2D eigenvalue weighted by molar-refractivity contribution is 5.95. The molecule has 3 rings (SSSR count). The Morgan fingerprint density at radius 2 is 2.09 bits per heavy atom. The minimum atomic E-state index is -0.437. The normalized spacial score (nSPS) is 23.7. The molecule has 6 nitrogen and oxygen atoms in total. The van der Waals surface area contributed by atoms with Crippen molar-refractivity contribution in [2.75, 3.05) is 18.0 Å². The smallest absolute Gasteiger partial charge is 0.237 e. The molecule has 0 spiro atoms. The number of nitrogens with zero attached hydrogens (tertiary/aromatic N) is 1. The lowest BCUT2D eigenvalue weighted by Gasteiger charge is -2.16. The molecule has 2 aliphatic rings. The van der Waals surface area contributed by atoms with Crippen LogP contribution in [0.3, 0.4) is 0 Å². The van der Waals surface area contributed by atoms with E-state index in [2.05, 4.69) is 10.6 Å². The molecule has 0 bridgehead atoms. The molecule has 2 amide bonds. The molecule has 2 heterocycles. The molecule has 3 N–H and O–H groups in total. The first kappa shape index (κ1) is 17.7. The first-order chi connectivity index (χ1) is 10.6. The fraction of sp³-hybridized carbons (Fsp3) is 0.500. The number of rotatable bonds is 4. The lowest BCUT2D eigenvalue weighted by molar-refractivity contribution is -0.123. The highest BCUT2D eigenvalue weighted by Crippen LogP contribution is 2.21. The Morgan fingerprint density at radius 1 is 1.35 bits per heavy atom. The number of carbonyl (C=O) groups excluding carboxylic acids is 2. The second-order valence-corrected chi connectivity index (χ2v) is 5.88. The quantitative estimate of drug-likeness (QED) is 0.749. The van der Waals surface area contributed by atoms with Gasteiger partial charge in [-0.3, -0.25) is 9.59 Å². The predicted octanol–water partition coefficient (Wildman–Crippen LogP) is 0.574. The molecule has 126 valence electrons. The number of benzene rings is 1. The molecule has 2 fully saturated rings. The average Bonchev–Trinajstić information content (AvgIpc) is 3.14. The van der Waals surface area contributed by atoms with Crippen LogP contribution in [0.15, 0.2) is 24.3 Å². The summed E-state index contributed by atoms with van der Waals surface area (Å²) < 4.78 is 0. The number of aliphatic hydroxyl groups is 1. The first-order valence-electron chi connectivity index (χ1n) is 7.72. The Balaban J connectivity index is 0.00000192. The van der Waals surface area contributed by atoms with Gasteiger partial charge < -0.3 is 20.6 Å². The van der Waals surface area contributed by atoms with Crippen LogP contribution in [0, 0.1) is 0 Å². The van der Waals surface area contributed by atoms with Gasteiger partial charge in [-0.25, -0.2) is 0 Å². The largest absolute Gasteiger partial charge is 0.392 e. The van der Waals surface area contributed by atoms with Crippen molar-refractivity contribution < 1.29 is 14.7 Å². The molecule has 1 aromatic carbocycles. The number of hydrogen-bond donors (Lipinski definition) is 3. The Bertz CT molecular complexity index is 564. The number of nitrogens with one attached hydrogen (secondary N) is 2. The van der Waals surface area contributed by atoms with Crippen LogP contribution in [0.1, 0.15) is 24.8 Å². The van der Waals surface area contributed by atoms with Crippen molar-refractivity contribution in [3.05, 3.63) is 29.8 Å². The van der Waals surface area contributed by atoms with E-state index in [1.807, 2.05) is 24.3 Å².